The van der Waals surface area contributed by atoms with E-state index in [1.807, 2.05) is 49.4 Å². The number of ether oxygens (including phenoxy) is 3. The van der Waals surface area contributed by atoms with Crippen LogP contribution in [0, 0.1) is 6.92 Å². The molecule has 3 rings (SSSR count). The molecule has 7 heteroatoms. The van der Waals surface area contributed by atoms with Gasteiger partial charge in [0.15, 0.2) is 11.5 Å². The van der Waals surface area contributed by atoms with Gasteiger partial charge in [0.1, 0.15) is 6.04 Å². The zero-order chi connectivity index (χ0) is 22.4. The summed E-state index contributed by atoms with van der Waals surface area (Å²) in [6, 6.07) is 17.7. The maximum atomic E-state index is 13.2. The molecule has 1 unspecified atom stereocenters. The first-order valence-corrected chi connectivity index (χ1v) is 10.0. The molecule has 1 amide bonds. The molecule has 3 aromatic carbocycles. The second-order valence-corrected chi connectivity index (χ2v) is 7.26. The molecule has 1 atom stereocenters. The van der Waals surface area contributed by atoms with Crippen LogP contribution in [-0.2, 0) is 4.79 Å². The number of benzene rings is 3. The smallest absolute Gasteiger partial charge is 0.251 e. The highest BCUT2D eigenvalue weighted by Gasteiger charge is 2.23. The Kier molecular flexibility index (Phi) is 7.26. The normalized spacial score (nSPS) is 11.4. The highest BCUT2D eigenvalue weighted by atomic mass is 35.5. The Hall–Kier alpha value is -3.38. The van der Waals surface area contributed by atoms with Crippen LogP contribution < -0.4 is 24.8 Å². The Balaban J connectivity index is 1.95. The van der Waals surface area contributed by atoms with E-state index < -0.39 is 6.04 Å². The molecule has 0 aromatic heterocycles. The third-order valence-corrected chi connectivity index (χ3v) is 5.22. The van der Waals surface area contributed by atoms with Crippen LogP contribution in [0.2, 0.25) is 5.02 Å². The van der Waals surface area contributed by atoms with Crippen molar-refractivity contribution in [1.82, 2.24) is 0 Å². The number of carbonyl (C=O) groups excluding carboxylic acids is 1. The molecular weight excluding hydrogens is 416 g/mol. The molecule has 0 aliphatic carbocycles. The molecule has 0 heterocycles. The summed E-state index contributed by atoms with van der Waals surface area (Å²) in [5.41, 5.74) is 3.00. The van der Waals surface area contributed by atoms with Gasteiger partial charge in [0.2, 0.25) is 5.75 Å². The molecule has 31 heavy (non-hydrogen) atoms. The van der Waals surface area contributed by atoms with Gasteiger partial charge in [-0.1, -0.05) is 48.0 Å². The predicted molar refractivity (Wildman–Crippen MR) is 124 cm³/mol. The van der Waals surface area contributed by atoms with Gasteiger partial charge in [0.25, 0.3) is 5.91 Å². The number of aryl methyl sites for hydroxylation is 1. The third kappa shape index (κ3) is 5.22. The molecule has 0 aliphatic heterocycles. The van der Waals surface area contributed by atoms with Crippen molar-refractivity contribution >= 4 is 28.9 Å². The number of nitrogens with one attached hydrogen (secondary N) is 2. The lowest BCUT2D eigenvalue weighted by molar-refractivity contribution is -0.117. The Morgan fingerprint density at radius 3 is 2.06 bits per heavy atom. The summed E-state index contributed by atoms with van der Waals surface area (Å²) in [5, 5.41) is 6.81. The number of amides is 1. The minimum Gasteiger partial charge on any atom is -0.493 e. The van der Waals surface area contributed by atoms with Crippen molar-refractivity contribution in [3.8, 4) is 17.2 Å². The van der Waals surface area contributed by atoms with Gasteiger partial charge in [-0.25, -0.2) is 0 Å². The van der Waals surface area contributed by atoms with Crippen molar-refractivity contribution in [2.24, 2.45) is 0 Å². The SMILES string of the molecule is COc1cc(NC(C(=O)Nc2ccc(C)c(Cl)c2)c2ccccc2)cc(OC)c1OC. The minimum atomic E-state index is -0.677. The molecule has 2 N–H and O–H groups in total. The quantitative estimate of drug-likeness (QED) is 0.486. The number of carbonyl (C=O) groups is 1. The second-order valence-electron chi connectivity index (χ2n) is 6.86. The largest absolute Gasteiger partial charge is 0.493 e. The van der Waals surface area contributed by atoms with E-state index in [2.05, 4.69) is 10.6 Å². The predicted octanol–water partition coefficient (Wildman–Crippen LogP) is 5.47. The van der Waals surface area contributed by atoms with Gasteiger partial charge in [0, 0.05) is 28.5 Å². The van der Waals surface area contributed by atoms with E-state index in [-0.39, 0.29) is 5.91 Å². The third-order valence-electron chi connectivity index (χ3n) is 4.81. The Morgan fingerprint density at radius 1 is 0.871 bits per heavy atom. The van der Waals surface area contributed by atoms with Gasteiger partial charge >= 0.3 is 0 Å². The maximum absolute atomic E-state index is 13.2. The number of hydrogen-bond acceptors (Lipinski definition) is 5. The van der Waals surface area contributed by atoms with Crippen molar-refractivity contribution in [3.63, 3.8) is 0 Å². The fraction of sp³-hybridized carbons (Fsp3) is 0.208. The zero-order valence-electron chi connectivity index (χ0n) is 17.9. The molecule has 162 valence electrons. The number of halogens is 1. The number of anilines is 2. The van der Waals surface area contributed by atoms with Crippen molar-refractivity contribution in [2.45, 2.75) is 13.0 Å². The van der Waals surface area contributed by atoms with Gasteiger partial charge in [-0.05, 0) is 30.2 Å². The van der Waals surface area contributed by atoms with E-state index in [1.54, 1.807) is 39.5 Å². The maximum Gasteiger partial charge on any atom is 0.251 e. The van der Waals surface area contributed by atoms with Gasteiger partial charge in [-0.2, -0.15) is 0 Å². The zero-order valence-corrected chi connectivity index (χ0v) is 18.6. The average Bonchev–Trinajstić information content (AvgIpc) is 2.79. The van der Waals surface area contributed by atoms with Gasteiger partial charge in [-0.3, -0.25) is 4.79 Å². The van der Waals surface area contributed by atoms with Crippen molar-refractivity contribution in [2.75, 3.05) is 32.0 Å². The summed E-state index contributed by atoms with van der Waals surface area (Å²) in [7, 11) is 4.63. The average molecular weight is 441 g/mol. The topological polar surface area (TPSA) is 68.8 Å². The standard InChI is InChI=1S/C24H25ClN2O4/c1-15-10-11-17(12-19(15)25)27-24(28)22(16-8-6-5-7-9-16)26-18-13-20(29-2)23(31-4)21(14-18)30-3/h5-14,22,26H,1-4H3,(H,27,28). The molecular formula is C24H25ClN2O4. The van der Waals surface area contributed by atoms with Crippen molar-refractivity contribution < 1.29 is 19.0 Å². The van der Waals surface area contributed by atoms with Gasteiger partial charge < -0.3 is 24.8 Å². The minimum absolute atomic E-state index is 0.236. The summed E-state index contributed by atoms with van der Waals surface area (Å²) in [6.07, 6.45) is 0. The molecule has 0 radical (unpaired) electrons. The van der Waals surface area contributed by atoms with Crippen molar-refractivity contribution in [3.05, 3.63) is 76.8 Å². The van der Waals surface area contributed by atoms with Crippen LogP contribution in [0.15, 0.2) is 60.7 Å². The first-order chi connectivity index (χ1) is 15.0. The molecule has 0 spiro atoms. The van der Waals surface area contributed by atoms with E-state index in [9.17, 15) is 4.79 Å². The Bertz CT molecular complexity index is 1030. The molecule has 0 aliphatic rings. The second kappa shape index (κ2) is 10.1. The summed E-state index contributed by atoms with van der Waals surface area (Å²) < 4.78 is 16.2. The molecule has 6 nitrogen and oxygen atoms in total. The van der Waals surface area contributed by atoms with Crippen LogP contribution in [0.4, 0.5) is 11.4 Å². The number of methoxy groups -OCH3 is 3. The van der Waals surface area contributed by atoms with E-state index >= 15 is 0 Å². The molecule has 0 saturated heterocycles. The van der Waals surface area contributed by atoms with E-state index in [0.29, 0.717) is 33.6 Å². The van der Waals surface area contributed by atoms with Gasteiger partial charge in [0.05, 0.1) is 21.3 Å². The monoisotopic (exact) mass is 440 g/mol. The lowest BCUT2D eigenvalue weighted by Crippen LogP contribution is -2.27. The van der Waals surface area contributed by atoms with E-state index in [1.165, 1.54) is 0 Å². The molecule has 0 bridgehead atoms. The highest BCUT2D eigenvalue weighted by Crippen LogP contribution is 2.40. The van der Waals surface area contributed by atoms with Crippen LogP contribution in [0.5, 0.6) is 17.2 Å². The van der Waals surface area contributed by atoms with Crippen LogP contribution >= 0.6 is 11.6 Å². The van der Waals surface area contributed by atoms with Crippen LogP contribution in [0.25, 0.3) is 0 Å². The fourth-order valence-corrected chi connectivity index (χ4v) is 3.34. The van der Waals surface area contributed by atoms with Gasteiger partial charge in [-0.15, -0.1) is 0 Å². The lowest BCUT2D eigenvalue weighted by Gasteiger charge is -2.22. The summed E-state index contributed by atoms with van der Waals surface area (Å²) in [4.78, 5) is 13.2. The Morgan fingerprint density at radius 2 is 1.52 bits per heavy atom. The highest BCUT2D eigenvalue weighted by molar-refractivity contribution is 6.31. The lowest BCUT2D eigenvalue weighted by atomic mass is 10.1. The Labute approximate surface area is 187 Å². The van der Waals surface area contributed by atoms with Crippen LogP contribution in [-0.4, -0.2) is 27.2 Å². The first kappa shape index (κ1) is 22.3. The molecule has 3 aromatic rings. The number of hydrogen-bond donors (Lipinski definition) is 2. The molecule has 0 saturated carbocycles. The van der Waals surface area contributed by atoms with E-state index in [0.717, 1.165) is 11.1 Å². The fourth-order valence-electron chi connectivity index (χ4n) is 3.16. The van der Waals surface area contributed by atoms with Crippen LogP contribution in [0.3, 0.4) is 0 Å². The first-order valence-electron chi connectivity index (χ1n) is 9.65. The molecule has 0 fully saturated rings. The summed E-state index contributed by atoms with van der Waals surface area (Å²) in [5.74, 6) is 1.22. The van der Waals surface area contributed by atoms with E-state index in [4.69, 9.17) is 25.8 Å². The van der Waals surface area contributed by atoms with Crippen molar-refractivity contribution in [1.29, 1.82) is 0 Å². The number of rotatable bonds is 8. The summed E-state index contributed by atoms with van der Waals surface area (Å²) >= 11 is 6.21. The summed E-state index contributed by atoms with van der Waals surface area (Å²) in [6.45, 7) is 1.91. The van der Waals surface area contributed by atoms with Crippen LogP contribution in [0.1, 0.15) is 17.2 Å².